The van der Waals surface area contributed by atoms with E-state index in [1.807, 2.05) is 13.8 Å². The third kappa shape index (κ3) is 1.08. The highest BCUT2D eigenvalue weighted by atomic mass is 18.2. The smallest absolute Gasteiger partial charge is 0.327 e. The minimum Gasteiger partial charge on any atom is -0.480 e. The predicted octanol–water partition coefficient (Wildman–Crippen LogP) is 2.59. The van der Waals surface area contributed by atoms with E-state index >= 15 is 4.39 Å². The Hall–Kier alpha value is -0.640. The number of carboxylic acid groups (broad SMARTS) is 1. The van der Waals surface area contributed by atoms with Gasteiger partial charge in [-0.1, -0.05) is 41.5 Å². The van der Waals surface area contributed by atoms with Gasteiger partial charge in [-0.15, -0.1) is 0 Å². The Morgan fingerprint density at radius 2 is 1.29 bits per heavy atom. The van der Waals surface area contributed by atoms with Gasteiger partial charge in [0.15, 0.2) is 5.54 Å². The number of carbonyl (C=O) groups is 1. The van der Waals surface area contributed by atoms with E-state index in [1.165, 1.54) is 6.92 Å². The molecule has 0 bridgehead atoms. The van der Waals surface area contributed by atoms with Crippen LogP contribution in [0.3, 0.4) is 0 Å². The molecule has 3 nitrogen and oxygen atoms in total. The molecular weight excluding hydrogens is 220 g/mol. The average Bonchev–Trinajstić information content (AvgIpc) is 2.17. The van der Waals surface area contributed by atoms with E-state index in [0.29, 0.717) is 0 Å². The summed E-state index contributed by atoms with van der Waals surface area (Å²) in [5, 5.41) is 9.44. The second-order valence-electron chi connectivity index (χ2n) is 6.99. The Bertz CT molecular complexity index is 344. The fourth-order valence-electron chi connectivity index (χ4n) is 3.41. The first-order chi connectivity index (χ1) is 7.19. The number of alkyl halides is 1. The first kappa shape index (κ1) is 14.4. The molecule has 0 radical (unpaired) electrons. The van der Waals surface area contributed by atoms with Crippen LogP contribution < -0.4 is 5.73 Å². The summed E-state index contributed by atoms with van der Waals surface area (Å²) in [6, 6.07) is 0. The maximum Gasteiger partial charge on any atom is 0.327 e. The molecule has 0 spiro atoms. The number of hydrogen-bond acceptors (Lipinski definition) is 2. The summed E-state index contributed by atoms with van der Waals surface area (Å²) in [5.74, 6) is -1.27. The molecular formula is C13H24FNO2. The average molecular weight is 244 g/mol. The van der Waals surface area contributed by atoms with Crippen LogP contribution in [0.5, 0.6) is 0 Å². The fraction of sp³-hybridized carbons (Fsp3) is 0.923. The second kappa shape index (κ2) is 3.02. The van der Waals surface area contributed by atoms with Crippen LogP contribution >= 0.6 is 0 Å². The molecule has 1 aliphatic carbocycles. The van der Waals surface area contributed by atoms with Crippen molar-refractivity contribution in [3.63, 3.8) is 0 Å². The summed E-state index contributed by atoms with van der Waals surface area (Å²) in [5.41, 5.74) is -0.0929. The molecule has 2 atom stereocenters. The van der Waals surface area contributed by atoms with Crippen LogP contribution in [0.2, 0.25) is 0 Å². The molecule has 4 heteroatoms. The topological polar surface area (TPSA) is 63.3 Å². The van der Waals surface area contributed by atoms with E-state index in [-0.39, 0.29) is 0 Å². The molecule has 1 fully saturated rings. The molecule has 100 valence electrons. The summed E-state index contributed by atoms with van der Waals surface area (Å²) in [7, 11) is 0. The van der Waals surface area contributed by atoms with Crippen molar-refractivity contribution < 1.29 is 14.3 Å². The van der Waals surface area contributed by atoms with Crippen LogP contribution in [0.4, 0.5) is 4.39 Å². The SMILES string of the molecule is CC1(C)C(C)(C)C(C)([18F])[C@](N)(C(=O)O)C1(C)C. The first-order valence-corrected chi connectivity index (χ1v) is 5.91. The Labute approximate surface area is 103 Å². The third-order valence-corrected chi connectivity index (χ3v) is 6.36. The van der Waals surface area contributed by atoms with Crippen LogP contribution in [0, 0.1) is 16.2 Å². The Morgan fingerprint density at radius 3 is 1.41 bits per heavy atom. The van der Waals surface area contributed by atoms with Crippen molar-refractivity contribution in [2.24, 2.45) is 22.0 Å². The largest absolute Gasteiger partial charge is 0.480 e. The van der Waals surface area contributed by atoms with Crippen LogP contribution in [0.15, 0.2) is 0 Å². The van der Waals surface area contributed by atoms with Gasteiger partial charge in [0.2, 0.25) is 0 Å². The minimum absolute atomic E-state index is 0.545. The fourth-order valence-corrected chi connectivity index (χ4v) is 3.41. The summed E-state index contributed by atoms with van der Waals surface area (Å²) in [4.78, 5) is 11.6. The van der Waals surface area contributed by atoms with Crippen molar-refractivity contribution in [1.29, 1.82) is 0 Å². The molecule has 0 saturated heterocycles. The van der Waals surface area contributed by atoms with E-state index in [4.69, 9.17) is 5.73 Å². The predicted molar refractivity (Wildman–Crippen MR) is 65.4 cm³/mol. The quantitative estimate of drug-likeness (QED) is 0.745. The van der Waals surface area contributed by atoms with Gasteiger partial charge in [0.25, 0.3) is 0 Å². The second-order valence-corrected chi connectivity index (χ2v) is 6.99. The van der Waals surface area contributed by atoms with E-state index < -0.39 is 33.4 Å². The number of halogens is 1. The number of hydrogen-bond donors (Lipinski definition) is 2. The van der Waals surface area contributed by atoms with Gasteiger partial charge >= 0.3 is 5.97 Å². The van der Waals surface area contributed by atoms with Crippen LogP contribution in [-0.2, 0) is 4.79 Å². The summed E-state index contributed by atoms with van der Waals surface area (Å²) < 4.78 is 15.2. The van der Waals surface area contributed by atoms with E-state index in [9.17, 15) is 9.90 Å². The standard InChI is InChI=1S/C13H24FNO2/c1-9(2)10(3,4)12(7,14)13(15,8(16)17)11(9,5)6/h15H2,1-7H3,(H,16,17)/t12?,13-/m0/s1/i14-1. The van der Waals surface area contributed by atoms with Crippen molar-refractivity contribution in [3.8, 4) is 0 Å². The van der Waals surface area contributed by atoms with Gasteiger partial charge in [-0.3, -0.25) is 4.79 Å². The van der Waals surface area contributed by atoms with Gasteiger partial charge in [0.05, 0.1) is 0 Å². The number of nitrogens with two attached hydrogens (primary N) is 1. The highest BCUT2D eigenvalue weighted by Crippen LogP contribution is 2.71. The number of aliphatic carboxylic acids is 1. The molecule has 1 unspecified atom stereocenters. The molecule has 0 aromatic rings. The van der Waals surface area contributed by atoms with Crippen molar-refractivity contribution in [2.75, 3.05) is 0 Å². The lowest BCUT2D eigenvalue weighted by atomic mass is 9.58. The number of rotatable bonds is 1. The Morgan fingerprint density at radius 1 is 0.941 bits per heavy atom. The third-order valence-electron chi connectivity index (χ3n) is 6.36. The van der Waals surface area contributed by atoms with E-state index in [0.717, 1.165) is 0 Å². The lowest BCUT2D eigenvalue weighted by Gasteiger charge is -2.45. The molecule has 17 heavy (non-hydrogen) atoms. The normalized spacial score (nSPS) is 42.4. The van der Waals surface area contributed by atoms with Gasteiger partial charge in [-0.25, -0.2) is 4.39 Å². The van der Waals surface area contributed by atoms with Crippen molar-refractivity contribution in [1.82, 2.24) is 0 Å². The van der Waals surface area contributed by atoms with Crippen LogP contribution in [0.1, 0.15) is 48.5 Å². The zero-order valence-electron chi connectivity index (χ0n) is 11.8. The maximum atomic E-state index is 15.2. The van der Waals surface area contributed by atoms with Gasteiger partial charge in [0, 0.05) is 10.8 Å². The summed E-state index contributed by atoms with van der Waals surface area (Å²) in [6.45, 7) is 12.1. The molecule has 1 rings (SSSR count). The molecule has 0 aromatic heterocycles. The minimum atomic E-state index is -1.99. The Kier molecular flexibility index (Phi) is 2.57. The summed E-state index contributed by atoms with van der Waals surface area (Å²) in [6.07, 6.45) is 0. The lowest BCUT2D eigenvalue weighted by Crippen LogP contribution is -2.67. The number of carboxylic acids is 1. The highest BCUT2D eigenvalue weighted by Gasteiger charge is 2.80. The molecule has 0 heterocycles. The van der Waals surface area contributed by atoms with Gasteiger partial charge in [0.1, 0.15) is 5.67 Å². The zero-order valence-corrected chi connectivity index (χ0v) is 11.8. The van der Waals surface area contributed by atoms with Crippen molar-refractivity contribution >= 4 is 5.97 Å². The van der Waals surface area contributed by atoms with E-state index in [2.05, 4.69) is 0 Å². The van der Waals surface area contributed by atoms with Gasteiger partial charge in [-0.2, -0.15) is 0 Å². The summed E-state index contributed by atoms with van der Waals surface area (Å²) >= 11 is 0. The van der Waals surface area contributed by atoms with Gasteiger partial charge < -0.3 is 10.8 Å². The van der Waals surface area contributed by atoms with Crippen LogP contribution in [0.25, 0.3) is 0 Å². The molecule has 0 aliphatic heterocycles. The van der Waals surface area contributed by atoms with E-state index in [1.54, 1.807) is 27.7 Å². The molecule has 0 amide bonds. The Balaban J connectivity index is 3.71. The monoisotopic (exact) mass is 244 g/mol. The van der Waals surface area contributed by atoms with Gasteiger partial charge in [-0.05, 0) is 12.3 Å². The first-order valence-electron chi connectivity index (χ1n) is 5.91. The molecule has 1 aliphatic rings. The zero-order chi connectivity index (χ0) is 14.1. The molecule has 1 saturated carbocycles. The molecule has 0 aromatic carbocycles. The maximum absolute atomic E-state index is 15.2. The molecule has 3 N–H and O–H groups in total. The van der Waals surface area contributed by atoms with Crippen molar-refractivity contribution in [2.45, 2.75) is 59.7 Å². The lowest BCUT2D eigenvalue weighted by molar-refractivity contribution is -0.155. The van der Waals surface area contributed by atoms with Crippen molar-refractivity contribution in [3.05, 3.63) is 0 Å². The highest BCUT2D eigenvalue weighted by molar-refractivity contribution is 5.83. The van der Waals surface area contributed by atoms with Crippen LogP contribution in [-0.4, -0.2) is 22.3 Å².